The zero-order valence-electron chi connectivity index (χ0n) is 10.0. The molecule has 1 unspecified atom stereocenters. The summed E-state index contributed by atoms with van der Waals surface area (Å²) in [6.45, 7) is 6.07. The predicted molar refractivity (Wildman–Crippen MR) is 71.6 cm³/mol. The van der Waals surface area contributed by atoms with Crippen LogP contribution >= 0.6 is 15.9 Å². The lowest BCUT2D eigenvalue weighted by Gasteiger charge is -2.12. The molecule has 3 heteroatoms. The van der Waals surface area contributed by atoms with Crippen LogP contribution in [-0.4, -0.2) is 5.91 Å². The maximum absolute atomic E-state index is 11.8. The van der Waals surface area contributed by atoms with E-state index < -0.39 is 0 Å². The van der Waals surface area contributed by atoms with Gasteiger partial charge in [-0.15, -0.1) is 0 Å². The van der Waals surface area contributed by atoms with E-state index in [4.69, 9.17) is 0 Å². The Hall–Kier alpha value is -0.830. The summed E-state index contributed by atoms with van der Waals surface area (Å²) in [6, 6.07) is 5.92. The van der Waals surface area contributed by atoms with E-state index in [1.54, 1.807) is 0 Å². The van der Waals surface area contributed by atoms with Crippen LogP contribution in [0.2, 0.25) is 0 Å². The average Bonchev–Trinajstić information content (AvgIpc) is 2.22. The second kappa shape index (κ2) is 6.04. The van der Waals surface area contributed by atoms with Gasteiger partial charge < -0.3 is 5.32 Å². The number of carbonyl (C=O) groups excluding carboxylic acids is 1. The minimum atomic E-state index is 0.0678. The highest BCUT2D eigenvalue weighted by Gasteiger charge is 2.12. The number of anilines is 1. The molecule has 2 nitrogen and oxygen atoms in total. The van der Waals surface area contributed by atoms with E-state index in [1.807, 2.05) is 32.0 Å². The van der Waals surface area contributed by atoms with Crippen molar-refractivity contribution in [2.75, 3.05) is 5.32 Å². The summed E-state index contributed by atoms with van der Waals surface area (Å²) in [5.74, 6) is 0.157. The molecule has 1 atom stereocenters. The molecule has 0 radical (unpaired) electrons. The zero-order chi connectivity index (χ0) is 12.1. The number of benzene rings is 1. The smallest absolute Gasteiger partial charge is 0.227 e. The SMILES string of the molecule is CCCC(C)C(=O)Nc1ccc(C)cc1Br. The first-order valence-corrected chi connectivity index (χ1v) is 6.41. The highest BCUT2D eigenvalue weighted by atomic mass is 79.9. The van der Waals surface area contributed by atoms with Crippen molar-refractivity contribution in [3.63, 3.8) is 0 Å². The molecule has 16 heavy (non-hydrogen) atoms. The topological polar surface area (TPSA) is 29.1 Å². The Kier molecular flexibility index (Phi) is 5.00. The van der Waals surface area contributed by atoms with Crippen LogP contribution in [0.1, 0.15) is 32.3 Å². The summed E-state index contributed by atoms with van der Waals surface area (Å²) in [5, 5.41) is 2.94. The molecule has 0 fully saturated rings. The van der Waals surface area contributed by atoms with Crippen molar-refractivity contribution < 1.29 is 4.79 Å². The fourth-order valence-corrected chi connectivity index (χ4v) is 2.13. The van der Waals surface area contributed by atoms with Crippen LogP contribution in [0.4, 0.5) is 5.69 Å². The van der Waals surface area contributed by atoms with Gasteiger partial charge in [0.1, 0.15) is 0 Å². The van der Waals surface area contributed by atoms with Crippen molar-refractivity contribution >= 4 is 27.5 Å². The fraction of sp³-hybridized carbons (Fsp3) is 0.462. The lowest BCUT2D eigenvalue weighted by molar-refractivity contribution is -0.119. The van der Waals surface area contributed by atoms with Crippen LogP contribution < -0.4 is 5.32 Å². The molecule has 88 valence electrons. The van der Waals surface area contributed by atoms with E-state index in [0.29, 0.717) is 0 Å². The van der Waals surface area contributed by atoms with Crippen molar-refractivity contribution in [1.29, 1.82) is 0 Å². The molecule has 1 N–H and O–H groups in total. The number of rotatable bonds is 4. The number of hydrogen-bond acceptors (Lipinski definition) is 1. The molecule has 0 aromatic heterocycles. The molecular formula is C13H18BrNO. The summed E-state index contributed by atoms with van der Waals surface area (Å²) in [5.41, 5.74) is 2.02. The number of aryl methyl sites for hydroxylation is 1. The maximum Gasteiger partial charge on any atom is 0.227 e. The Morgan fingerprint density at radius 2 is 2.19 bits per heavy atom. The molecule has 0 aliphatic heterocycles. The molecule has 0 saturated carbocycles. The van der Waals surface area contributed by atoms with Gasteiger partial charge in [0, 0.05) is 10.4 Å². The van der Waals surface area contributed by atoms with E-state index in [2.05, 4.69) is 28.2 Å². The molecule has 1 aromatic rings. The third kappa shape index (κ3) is 3.63. The molecule has 0 heterocycles. The Balaban J connectivity index is 2.69. The first-order valence-electron chi connectivity index (χ1n) is 5.61. The molecule has 0 bridgehead atoms. The van der Waals surface area contributed by atoms with Gasteiger partial charge in [-0.05, 0) is 47.0 Å². The molecule has 1 rings (SSSR count). The van der Waals surface area contributed by atoms with Crippen molar-refractivity contribution in [3.8, 4) is 0 Å². The second-order valence-electron chi connectivity index (χ2n) is 4.16. The van der Waals surface area contributed by atoms with Crippen LogP contribution in [0.5, 0.6) is 0 Å². The summed E-state index contributed by atoms with van der Waals surface area (Å²) < 4.78 is 0.935. The van der Waals surface area contributed by atoms with Crippen LogP contribution in [0.25, 0.3) is 0 Å². The minimum absolute atomic E-state index is 0.0678. The number of halogens is 1. The van der Waals surface area contributed by atoms with Gasteiger partial charge in [0.25, 0.3) is 0 Å². The van der Waals surface area contributed by atoms with Crippen LogP contribution in [-0.2, 0) is 4.79 Å². The molecule has 1 aromatic carbocycles. The van der Waals surface area contributed by atoms with Gasteiger partial charge in [-0.1, -0.05) is 26.3 Å². The van der Waals surface area contributed by atoms with Crippen molar-refractivity contribution in [2.45, 2.75) is 33.6 Å². The standard InChI is InChI=1S/C13H18BrNO/c1-4-5-10(3)13(16)15-12-7-6-9(2)8-11(12)14/h6-8,10H,4-5H2,1-3H3,(H,15,16). The van der Waals surface area contributed by atoms with Gasteiger partial charge in [-0.25, -0.2) is 0 Å². The Bertz CT molecular complexity index is 376. The Labute approximate surface area is 106 Å². The molecule has 1 amide bonds. The second-order valence-corrected chi connectivity index (χ2v) is 5.02. The lowest BCUT2D eigenvalue weighted by Crippen LogP contribution is -2.20. The van der Waals surface area contributed by atoms with Crippen molar-refractivity contribution in [3.05, 3.63) is 28.2 Å². The molecule has 0 spiro atoms. The Morgan fingerprint density at radius 3 is 2.75 bits per heavy atom. The van der Waals surface area contributed by atoms with Crippen LogP contribution in [0.15, 0.2) is 22.7 Å². The zero-order valence-corrected chi connectivity index (χ0v) is 11.6. The summed E-state index contributed by atoms with van der Waals surface area (Å²) in [7, 11) is 0. The first kappa shape index (κ1) is 13.2. The van der Waals surface area contributed by atoms with E-state index >= 15 is 0 Å². The number of nitrogens with one attached hydrogen (secondary N) is 1. The summed E-state index contributed by atoms with van der Waals surface area (Å²) in [6.07, 6.45) is 1.96. The molecule has 0 aliphatic rings. The first-order chi connectivity index (χ1) is 7.54. The highest BCUT2D eigenvalue weighted by molar-refractivity contribution is 9.10. The summed E-state index contributed by atoms with van der Waals surface area (Å²) in [4.78, 5) is 11.8. The maximum atomic E-state index is 11.8. The monoisotopic (exact) mass is 283 g/mol. The van der Waals surface area contributed by atoms with Gasteiger partial charge >= 0.3 is 0 Å². The van der Waals surface area contributed by atoms with Gasteiger partial charge in [-0.2, -0.15) is 0 Å². The third-order valence-corrected chi connectivity index (χ3v) is 3.21. The summed E-state index contributed by atoms with van der Waals surface area (Å²) >= 11 is 3.45. The van der Waals surface area contributed by atoms with E-state index in [9.17, 15) is 4.79 Å². The molecule has 0 aliphatic carbocycles. The van der Waals surface area contributed by atoms with Crippen molar-refractivity contribution in [1.82, 2.24) is 0 Å². The average molecular weight is 284 g/mol. The highest BCUT2D eigenvalue weighted by Crippen LogP contribution is 2.24. The Morgan fingerprint density at radius 1 is 1.50 bits per heavy atom. The van der Waals surface area contributed by atoms with Gasteiger partial charge in [0.05, 0.1) is 5.69 Å². The van der Waals surface area contributed by atoms with E-state index in [-0.39, 0.29) is 11.8 Å². The fourth-order valence-electron chi connectivity index (χ4n) is 1.54. The van der Waals surface area contributed by atoms with Gasteiger partial charge in [0.2, 0.25) is 5.91 Å². The lowest BCUT2D eigenvalue weighted by atomic mass is 10.1. The van der Waals surface area contributed by atoms with Gasteiger partial charge in [0.15, 0.2) is 0 Å². The van der Waals surface area contributed by atoms with Gasteiger partial charge in [-0.3, -0.25) is 4.79 Å². The molecule has 0 saturated heterocycles. The number of amides is 1. The third-order valence-electron chi connectivity index (χ3n) is 2.55. The minimum Gasteiger partial charge on any atom is -0.325 e. The number of carbonyl (C=O) groups is 1. The normalized spacial score (nSPS) is 12.2. The van der Waals surface area contributed by atoms with E-state index in [1.165, 1.54) is 5.56 Å². The number of hydrogen-bond donors (Lipinski definition) is 1. The van der Waals surface area contributed by atoms with Crippen LogP contribution in [0, 0.1) is 12.8 Å². The van der Waals surface area contributed by atoms with E-state index in [0.717, 1.165) is 23.0 Å². The van der Waals surface area contributed by atoms with Crippen molar-refractivity contribution in [2.24, 2.45) is 5.92 Å². The van der Waals surface area contributed by atoms with Crippen LogP contribution in [0.3, 0.4) is 0 Å². The predicted octanol–water partition coefficient (Wildman–Crippen LogP) is 4.13. The largest absolute Gasteiger partial charge is 0.325 e. The molecular weight excluding hydrogens is 266 g/mol. The quantitative estimate of drug-likeness (QED) is 0.884.